The third-order valence-electron chi connectivity index (χ3n) is 3.82. The van der Waals surface area contributed by atoms with Crippen molar-refractivity contribution in [3.63, 3.8) is 0 Å². The van der Waals surface area contributed by atoms with E-state index in [9.17, 15) is 33.6 Å². The molecule has 4 atom stereocenters. The number of aliphatic carboxylic acids is 2. The molecule has 15 nitrogen and oxygen atoms in total. The van der Waals surface area contributed by atoms with Crippen molar-refractivity contribution in [3.05, 3.63) is 0 Å². The van der Waals surface area contributed by atoms with Gasteiger partial charge in [0.15, 0.2) is 0 Å². The molecule has 174 valence electrons. The number of nitrogens with one attached hydrogen (secondary N) is 3. The van der Waals surface area contributed by atoms with E-state index < -0.39 is 78.5 Å². The maximum Gasteiger partial charge on any atom is 0.326 e. The lowest BCUT2D eigenvalue weighted by Gasteiger charge is -2.22. The van der Waals surface area contributed by atoms with Gasteiger partial charge in [0.2, 0.25) is 29.5 Å². The average Bonchev–Trinajstić information content (AvgIpc) is 2.62. The molecule has 15 heteroatoms. The number of nitrogens with two attached hydrogens (primary N) is 3. The third-order valence-corrected chi connectivity index (χ3v) is 3.82. The first kappa shape index (κ1) is 27.2. The molecule has 0 aliphatic rings. The van der Waals surface area contributed by atoms with Crippen LogP contribution in [0.4, 0.5) is 0 Å². The van der Waals surface area contributed by atoms with Crippen molar-refractivity contribution < 1.29 is 43.8 Å². The Balaban J connectivity index is 5.09. The zero-order chi connectivity index (χ0) is 24.3. The van der Waals surface area contributed by atoms with Crippen LogP contribution in [0.5, 0.6) is 0 Å². The first-order chi connectivity index (χ1) is 14.2. The number of hydrogen-bond acceptors (Lipinski definition) is 8. The lowest BCUT2D eigenvalue weighted by molar-refractivity contribution is -0.142. The highest BCUT2D eigenvalue weighted by molar-refractivity contribution is 5.96. The Labute approximate surface area is 176 Å². The fourth-order valence-electron chi connectivity index (χ4n) is 2.19. The Morgan fingerprint density at radius 2 is 1.32 bits per heavy atom. The molecule has 0 aromatic rings. The number of rotatable bonds is 14. The molecule has 31 heavy (non-hydrogen) atoms. The maximum absolute atomic E-state index is 12.4. The Morgan fingerprint density at radius 3 is 1.77 bits per heavy atom. The summed E-state index contributed by atoms with van der Waals surface area (Å²) in [5.41, 5.74) is 15.4. The number of amides is 5. The van der Waals surface area contributed by atoms with Gasteiger partial charge in [-0.05, 0) is 13.3 Å². The molecule has 0 saturated heterocycles. The summed E-state index contributed by atoms with van der Waals surface area (Å²) in [6, 6.07) is -5.84. The van der Waals surface area contributed by atoms with Crippen LogP contribution < -0.4 is 33.2 Å². The van der Waals surface area contributed by atoms with Crippen molar-refractivity contribution in [2.24, 2.45) is 17.2 Å². The lowest BCUT2D eigenvalue weighted by atomic mass is 10.1. The van der Waals surface area contributed by atoms with Gasteiger partial charge in [-0.25, -0.2) is 4.79 Å². The van der Waals surface area contributed by atoms with Crippen LogP contribution in [0.15, 0.2) is 0 Å². The van der Waals surface area contributed by atoms with Crippen molar-refractivity contribution in [2.75, 3.05) is 0 Å². The Hall–Kier alpha value is -3.75. The van der Waals surface area contributed by atoms with E-state index in [1.807, 2.05) is 0 Å². The van der Waals surface area contributed by atoms with Gasteiger partial charge in [-0.1, -0.05) is 0 Å². The van der Waals surface area contributed by atoms with Gasteiger partial charge in [-0.2, -0.15) is 0 Å². The van der Waals surface area contributed by atoms with Gasteiger partial charge in [0, 0.05) is 6.42 Å². The van der Waals surface area contributed by atoms with Gasteiger partial charge >= 0.3 is 11.9 Å². The van der Waals surface area contributed by atoms with Crippen molar-refractivity contribution >= 4 is 41.5 Å². The van der Waals surface area contributed by atoms with Gasteiger partial charge in [0.1, 0.15) is 18.1 Å². The Bertz CT molecular complexity index is 741. The topological polar surface area (TPSA) is 274 Å². The van der Waals surface area contributed by atoms with Crippen molar-refractivity contribution in [1.29, 1.82) is 0 Å². The van der Waals surface area contributed by atoms with E-state index in [1.165, 1.54) is 6.92 Å². The fourth-order valence-corrected chi connectivity index (χ4v) is 2.19. The van der Waals surface area contributed by atoms with E-state index >= 15 is 0 Å². The highest BCUT2D eigenvalue weighted by Gasteiger charge is 2.29. The summed E-state index contributed by atoms with van der Waals surface area (Å²) in [6.07, 6.45) is -2.00. The second kappa shape index (κ2) is 12.7. The zero-order valence-electron chi connectivity index (χ0n) is 16.6. The molecule has 0 radical (unpaired) electrons. The molecule has 0 spiro atoms. The van der Waals surface area contributed by atoms with E-state index in [4.69, 9.17) is 27.4 Å². The summed E-state index contributed by atoms with van der Waals surface area (Å²) in [5.74, 6) is -7.56. The summed E-state index contributed by atoms with van der Waals surface area (Å²) in [6.45, 7) is 1.19. The molecular formula is C16H26N6O9. The van der Waals surface area contributed by atoms with Crippen LogP contribution in [-0.2, 0) is 33.6 Å². The molecule has 0 aromatic heterocycles. The van der Waals surface area contributed by atoms with Gasteiger partial charge in [-0.15, -0.1) is 0 Å². The lowest BCUT2D eigenvalue weighted by Crippen LogP contribution is -2.57. The van der Waals surface area contributed by atoms with Gasteiger partial charge in [0.05, 0.1) is 18.9 Å². The number of carboxylic acids is 2. The number of carbonyl (C=O) groups is 7. The quantitative estimate of drug-likeness (QED) is 0.126. The third kappa shape index (κ3) is 11.1. The van der Waals surface area contributed by atoms with Crippen LogP contribution in [0, 0.1) is 0 Å². The SMILES string of the molecule is CC(NC(=O)C(CC(N)=O)NC(=O)C(N)CC(=O)O)C(=O)NC(CCC(N)=O)C(=O)O. The minimum absolute atomic E-state index is 0.279. The van der Waals surface area contributed by atoms with Crippen LogP contribution in [0.3, 0.4) is 0 Å². The zero-order valence-corrected chi connectivity index (χ0v) is 16.6. The summed E-state index contributed by atoms with van der Waals surface area (Å²) in [4.78, 5) is 80.2. The Kier molecular flexibility index (Phi) is 11.2. The maximum atomic E-state index is 12.4. The fraction of sp³-hybridized carbons (Fsp3) is 0.562. The molecule has 0 aromatic carbocycles. The van der Waals surface area contributed by atoms with Gasteiger partial charge in [0.25, 0.3) is 0 Å². The molecule has 11 N–H and O–H groups in total. The molecule has 0 fully saturated rings. The smallest absolute Gasteiger partial charge is 0.326 e. The van der Waals surface area contributed by atoms with E-state index in [2.05, 4.69) is 16.0 Å². The van der Waals surface area contributed by atoms with E-state index in [-0.39, 0.29) is 12.8 Å². The minimum atomic E-state index is -1.56. The molecule has 0 bridgehead atoms. The van der Waals surface area contributed by atoms with Crippen LogP contribution >= 0.6 is 0 Å². The molecule has 5 amide bonds. The van der Waals surface area contributed by atoms with Crippen molar-refractivity contribution in [1.82, 2.24) is 16.0 Å². The van der Waals surface area contributed by atoms with E-state index in [0.717, 1.165) is 0 Å². The average molecular weight is 446 g/mol. The Morgan fingerprint density at radius 1 is 0.774 bits per heavy atom. The number of primary amides is 2. The predicted octanol–water partition coefficient (Wildman–Crippen LogP) is -4.51. The largest absolute Gasteiger partial charge is 0.481 e. The van der Waals surface area contributed by atoms with Crippen molar-refractivity contribution in [3.8, 4) is 0 Å². The normalized spacial score (nSPS) is 14.3. The first-order valence-corrected chi connectivity index (χ1v) is 8.92. The molecular weight excluding hydrogens is 420 g/mol. The van der Waals surface area contributed by atoms with Crippen LogP contribution in [0.25, 0.3) is 0 Å². The van der Waals surface area contributed by atoms with Crippen LogP contribution in [0.1, 0.15) is 32.6 Å². The highest BCUT2D eigenvalue weighted by atomic mass is 16.4. The molecule has 0 aliphatic heterocycles. The van der Waals surface area contributed by atoms with E-state index in [0.29, 0.717) is 0 Å². The molecule has 0 rings (SSSR count). The van der Waals surface area contributed by atoms with E-state index in [1.54, 1.807) is 0 Å². The predicted molar refractivity (Wildman–Crippen MR) is 102 cm³/mol. The number of carboxylic acid groups (broad SMARTS) is 2. The number of hydrogen-bond donors (Lipinski definition) is 8. The molecule has 4 unspecified atom stereocenters. The van der Waals surface area contributed by atoms with Crippen LogP contribution in [-0.4, -0.2) is 75.9 Å². The standard InChI is InChI=1S/C16H26N6O9/c1-6(13(27)21-8(16(30)31)2-3-10(18)23)20-15(29)9(5-11(19)24)22-14(28)7(17)4-12(25)26/h6-9H,2-5,17H2,1H3,(H2,18,23)(H2,19,24)(H,20,29)(H,21,27)(H,22,28)(H,25,26)(H,30,31). The second-order valence-corrected chi connectivity index (χ2v) is 6.57. The first-order valence-electron chi connectivity index (χ1n) is 8.92. The highest BCUT2D eigenvalue weighted by Crippen LogP contribution is 2.00. The second-order valence-electron chi connectivity index (χ2n) is 6.57. The minimum Gasteiger partial charge on any atom is -0.481 e. The number of carbonyl (C=O) groups excluding carboxylic acids is 5. The summed E-state index contributed by atoms with van der Waals surface area (Å²) < 4.78 is 0. The van der Waals surface area contributed by atoms with Gasteiger partial charge in [-0.3, -0.25) is 28.8 Å². The van der Waals surface area contributed by atoms with Gasteiger partial charge < -0.3 is 43.4 Å². The molecule has 0 aliphatic carbocycles. The molecule has 0 heterocycles. The van der Waals surface area contributed by atoms with Crippen LogP contribution in [0.2, 0.25) is 0 Å². The molecule has 0 saturated carbocycles. The summed E-state index contributed by atoms with van der Waals surface area (Å²) in [7, 11) is 0. The summed E-state index contributed by atoms with van der Waals surface area (Å²) >= 11 is 0. The summed E-state index contributed by atoms with van der Waals surface area (Å²) in [5, 5.41) is 24.1. The monoisotopic (exact) mass is 446 g/mol. The van der Waals surface area contributed by atoms with Crippen molar-refractivity contribution in [2.45, 2.75) is 56.8 Å².